The summed E-state index contributed by atoms with van der Waals surface area (Å²) in [6, 6.07) is 0. The van der Waals surface area contributed by atoms with Crippen LogP contribution in [0.25, 0.3) is 0 Å². The largest absolute Gasteiger partial charge is 0.371 e. The fourth-order valence-electron chi connectivity index (χ4n) is 2.72. The van der Waals surface area contributed by atoms with Crippen LogP contribution >= 0.6 is 0 Å². The van der Waals surface area contributed by atoms with Crippen molar-refractivity contribution >= 4 is 5.91 Å². The maximum absolute atomic E-state index is 12.0. The van der Waals surface area contributed by atoms with E-state index in [0.29, 0.717) is 0 Å². The second kappa shape index (κ2) is 4.23. The first-order chi connectivity index (χ1) is 8.15. The van der Waals surface area contributed by atoms with Gasteiger partial charge in [0.05, 0.1) is 17.8 Å². The number of carbonyl (C=O) groups excluding carboxylic acids is 1. The molecule has 0 aliphatic carbocycles. The molecule has 5 heteroatoms. The Kier molecular flexibility index (Phi) is 2.84. The van der Waals surface area contributed by atoms with Crippen molar-refractivity contribution in [2.75, 3.05) is 32.8 Å². The molecule has 1 amide bonds. The molecule has 0 radical (unpaired) electrons. The van der Waals surface area contributed by atoms with E-state index >= 15 is 0 Å². The van der Waals surface area contributed by atoms with E-state index in [0.717, 1.165) is 39.0 Å². The lowest BCUT2D eigenvalue weighted by molar-refractivity contribution is -0.153. The Morgan fingerprint density at radius 1 is 1.41 bits per heavy atom. The van der Waals surface area contributed by atoms with Crippen molar-refractivity contribution in [2.45, 2.75) is 37.6 Å². The fourth-order valence-corrected chi connectivity index (χ4v) is 2.72. The average Bonchev–Trinajstić information content (AvgIpc) is 2.62. The predicted octanol–water partition coefficient (Wildman–Crippen LogP) is -0.245. The van der Waals surface area contributed by atoms with Gasteiger partial charge in [0.25, 0.3) is 0 Å². The summed E-state index contributed by atoms with van der Waals surface area (Å²) < 4.78 is 11.4. The SMILES string of the molecule is CC1(OCC(=O)N2CC3CCC(C2)O3)CNC1. The third kappa shape index (κ3) is 2.32. The quantitative estimate of drug-likeness (QED) is 0.739. The Hall–Kier alpha value is -0.650. The van der Waals surface area contributed by atoms with Crippen LogP contribution in [0.3, 0.4) is 0 Å². The van der Waals surface area contributed by atoms with E-state index in [-0.39, 0.29) is 30.3 Å². The number of ether oxygens (including phenoxy) is 2. The maximum Gasteiger partial charge on any atom is 0.248 e. The molecule has 3 rings (SSSR count). The molecule has 3 fully saturated rings. The molecule has 96 valence electrons. The van der Waals surface area contributed by atoms with Crippen LogP contribution in [0.4, 0.5) is 0 Å². The van der Waals surface area contributed by atoms with E-state index in [9.17, 15) is 4.79 Å². The Bertz CT molecular complexity index is 305. The zero-order valence-corrected chi connectivity index (χ0v) is 10.3. The van der Waals surface area contributed by atoms with Gasteiger partial charge in [-0.3, -0.25) is 4.79 Å². The van der Waals surface area contributed by atoms with E-state index in [1.165, 1.54) is 0 Å². The molecular formula is C12H20N2O3. The van der Waals surface area contributed by atoms with Crippen LogP contribution < -0.4 is 5.32 Å². The zero-order chi connectivity index (χ0) is 11.9. The number of hydrogen-bond donors (Lipinski definition) is 1. The van der Waals surface area contributed by atoms with Crippen LogP contribution in [-0.2, 0) is 14.3 Å². The van der Waals surface area contributed by atoms with Crippen molar-refractivity contribution in [2.24, 2.45) is 0 Å². The Morgan fingerprint density at radius 3 is 2.59 bits per heavy atom. The van der Waals surface area contributed by atoms with Crippen molar-refractivity contribution in [1.82, 2.24) is 10.2 Å². The smallest absolute Gasteiger partial charge is 0.248 e. The van der Waals surface area contributed by atoms with E-state index in [4.69, 9.17) is 9.47 Å². The molecule has 2 atom stereocenters. The second-order valence-corrected chi connectivity index (χ2v) is 5.60. The highest BCUT2D eigenvalue weighted by molar-refractivity contribution is 5.77. The van der Waals surface area contributed by atoms with Gasteiger partial charge in [0.1, 0.15) is 6.61 Å². The Morgan fingerprint density at radius 2 is 2.06 bits per heavy atom. The molecule has 3 heterocycles. The molecule has 0 saturated carbocycles. The summed E-state index contributed by atoms with van der Waals surface area (Å²) in [6.45, 7) is 5.42. The number of nitrogens with one attached hydrogen (secondary N) is 1. The first kappa shape index (κ1) is 11.4. The summed E-state index contributed by atoms with van der Waals surface area (Å²) in [6.07, 6.45) is 2.71. The number of carbonyl (C=O) groups is 1. The minimum absolute atomic E-state index is 0.110. The van der Waals surface area contributed by atoms with E-state index in [2.05, 4.69) is 5.32 Å². The molecule has 5 nitrogen and oxygen atoms in total. The summed E-state index contributed by atoms with van der Waals surface area (Å²) in [7, 11) is 0. The van der Waals surface area contributed by atoms with E-state index < -0.39 is 0 Å². The molecule has 1 N–H and O–H groups in total. The van der Waals surface area contributed by atoms with Crippen LogP contribution in [0.1, 0.15) is 19.8 Å². The first-order valence-electron chi connectivity index (χ1n) is 6.43. The molecule has 0 aromatic carbocycles. The number of hydrogen-bond acceptors (Lipinski definition) is 4. The Balaban J connectivity index is 1.49. The average molecular weight is 240 g/mol. The second-order valence-electron chi connectivity index (χ2n) is 5.60. The summed E-state index contributed by atoms with van der Waals surface area (Å²) in [5, 5.41) is 3.16. The number of amides is 1. The molecule has 2 bridgehead atoms. The summed E-state index contributed by atoms with van der Waals surface area (Å²) >= 11 is 0. The van der Waals surface area contributed by atoms with Gasteiger partial charge in [-0.15, -0.1) is 0 Å². The molecule has 0 aromatic rings. The van der Waals surface area contributed by atoms with Crippen molar-refractivity contribution in [3.63, 3.8) is 0 Å². The third-order valence-electron chi connectivity index (χ3n) is 3.94. The first-order valence-corrected chi connectivity index (χ1v) is 6.43. The van der Waals surface area contributed by atoms with Crippen LogP contribution in [0, 0.1) is 0 Å². The highest BCUT2D eigenvalue weighted by atomic mass is 16.5. The lowest BCUT2D eigenvalue weighted by atomic mass is 10.0. The number of rotatable bonds is 3. The molecule has 3 saturated heterocycles. The molecule has 0 spiro atoms. The van der Waals surface area contributed by atoms with Gasteiger partial charge in [0.15, 0.2) is 0 Å². The van der Waals surface area contributed by atoms with Gasteiger partial charge in [-0.2, -0.15) is 0 Å². The maximum atomic E-state index is 12.0. The predicted molar refractivity (Wildman–Crippen MR) is 61.7 cm³/mol. The molecule has 17 heavy (non-hydrogen) atoms. The van der Waals surface area contributed by atoms with Crippen LogP contribution in [0.2, 0.25) is 0 Å². The van der Waals surface area contributed by atoms with Gasteiger partial charge in [-0.05, 0) is 19.8 Å². The lowest BCUT2D eigenvalue weighted by Crippen LogP contribution is -2.60. The monoisotopic (exact) mass is 240 g/mol. The van der Waals surface area contributed by atoms with Gasteiger partial charge in [0, 0.05) is 26.2 Å². The van der Waals surface area contributed by atoms with Crippen molar-refractivity contribution in [3.8, 4) is 0 Å². The molecule has 3 aliphatic rings. The Labute approximate surface area is 101 Å². The van der Waals surface area contributed by atoms with Gasteiger partial charge in [0.2, 0.25) is 5.91 Å². The van der Waals surface area contributed by atoms with E-state index in [1.807, 2.05) is 11.8 Å². The van der Waals surface area contributed by atoms with Crippen LogP contribution in [0.15, 0.2) is 0 Å². The molecular weight excluding hydrogens is 220 g/mol. The highest BCUT2D eigenvalue weighted by Crippen LogP contribution is 2.26. The fraction of sp³-hybridized carbons (Fsp3) is 0.917. The number of morpholine rings is 1. The summed E-state index contributed by atoms with van der Waals surface area (Å²) in [5.74, 6) is 0.110. The van der Waals surface area contributed by atoms with Gasteiger partial charge in [-0.1, -0.05) is 0 Å². The topological polar surface area (TPSA) is 50.8 Å². The van der Waals surface area contributed by atoms with Crippen LogP contribution in [0.5, 0.6) is 0 Å². The van der Waals surface area contributed by atoms with E-state index in [1.54, 1.807) is 0 Å². The lowest BCUT2D eigenvalue weighted by Gasteiger charge is -2.39. The normalized spacial score (nSPS) is 34.5. The molecule has 0 aromatic heterocycles. The highest BCUT2D eigenvalue weighted by Gasteiger charge is 2.37. The number of fused-ring (bicyclic) bond motifs is 2. The zero-order valence-electron chi connectivity index (χ0n) is 10.3. The standard InChI is InChI=1S/C12H20N2O3/c1-12(7-13-8-12)16-6-11(15)14-4-9-2-3-10(5-14)17-9/h9-10,13H,2-8H2,1H3. The van der Waals surface area contributed by atoms with Crippen molar-refractivity contribution in [1.29, 1.82) is 0 Å². The van der Waals surface area contributed by atoms with Crippen molar-refractivity contribution < 1.29 is 14.3 Å². The van der Waals surface area contributed by atoms with Gasteiger partial charge < -0.3 is 19.7 Å². The number of likely N-dealkylation sites (tertiary alicyclic amines) is 1. The van der Waals surface area contributed by atoms with Gasteiger partial charge >= 0.3 is 0 Å². The van der Waals surface area contributed by atoms with Crippen molar-refractivity contribution in [3.05, 3.63) is 0 Å². The molecule has 3 aliphatic heterocycles. The summed E-state index contributed by atoms with van der Waals surface area (Å²) in [4.78, 5) is 13.9. The minimum atomic E-state index is -0.138. The minimum Gasteiger partial charge on any atom is -0.371 e. The molecule has 2 unspecified atom stereocenters. The number of nitrogens with zero attached hydrogens (tertiary/aromatic N) is 1. The third-order valence-corrected chi connectivity index (χ3v) is 3.94. The van der Waals surface area contributed by atoms with Gasteiger partial charge in [-0.25, -0.2) is 0 Å². The summed E-state index contributed by atoms with van der Waals surface area (Å²) in [5.41, 5.74) is -0.138. The van der Waals surface area contributed by atoms with Crippen LogP contribution in [-0.4, -0.2) is 61.4 Å².